The highest BCUT2D eigenvalue weighted by Crippen LogP contribution is 2.30. The number of nitro groups is 1. The molecule has 1 aliphatic rings. The van der Waals surface area contributed by atoms with E-state index in [-0.39, 0.29) is 10.6 Å². The van der Waals surface area contributed by atoms with Gasteiger partial charge in [-0.15, -0.1) is 0 Å². The molecule has 0 fully saturated rings. The van der Waals surface area contributed by atoms with Gasteiger partial charge < -0.3 is 9.88 Å². The molecule has 2 heterocycles. The predicted molar refractivity (Wildman–Crippen MR) is 75.0 cm³/mol. The van der Waals surface area contributed by atoms with E-state index in [2.05, 4.69) is 23.0 Å². The molecule has 3 rings (SSSR count). The van der Waals surface area contributed by atoms with Crippen LogP contribution in [-0.2, 0) is 0 Å². The van der Waals surface area contributed by atoms with Crippen molar-refractivity contribution in [3.05, 3.63) is 46.1 Å². The van der Waals surface area contributed by atoms with Crippen molar-refractivity contribution >= 4 is 22.2 Å². The van der Waals surface area contributed by atoms with Crippen LogP contribution in [0.2, 0.25) is 0 Å². The summed E-state index contributed by atoms with van der Waals surface area (Å²) in [5, 5.41) is 11.8. The van der Waals surface area contributed by atoms with Gasteiger partial charge in [-0.1, -0.05) is 6.08 Å². The summed E-state index contributed by atoms with van der Waals surface area (Å²) in [6.45, 7) is 2.00. The minimum atomic E-state index is -0.366. The van der Waals surface area contributed by atoms with Gasteiger partial charge in [-0.05, 0) is 25.1 Å². The maximum Gasteiger partial charge on any atom is 0.271 e. The fourth-order valence-corrected chi connectivity index (χ4v) is 2.51. The molecule has 0 amide bonds. The molecule has 0 saturated heterocycles. The zero-order valence-corrected chi connectivity index (χ0v) is 10.7. The smallest absolute Gasteiger partial charge is 0.271 e. The number of hydrogen-bond acceptors (Lipinski definition) is 3. The molecular formula is C14H15N3O2. The summed E-state index contributed by atoms with van der Waals surface area (Å²) >= 11 is 0. The highest BCUT2D eigenvalue weighted by atomic mass is 16.6. The third kappa shape index (κ3) is 2.13. The molecule has 0 saturated carbocycles. The van der Waals surface area contributed by atoms with Crippen LogP contribution in [0.4, 0.5) is 5.69 Å². The molecule has 19 heavy (non-hydrogen) atoms. The Kier molecular flexibility index (Phi) is 2.83. The SMILES string of the molecule is CN1CC=C(c2c[nH]c3cc([N+](=O)[O-])ccc23)CC1. The molecule has 1 aliphatic heterocycles. The molecule has 5 heteroatoms. The number of H-pyrrole nitrogens is 1. The number of fused-ring (bicyclic) bond motifs is 1. The largest absolute Gasteiger partial charge is 0.360 e. The lowest BCUT2D eigenvalue weighted by Crippen LogP contribution is -2.23. The first kappa shape index (κ1) is 11.9. The van der Waals surface area contributed by atoms with Gasteiger partial charge >= 0.3 is 0 Å². The Morgan fingerprint density at radius 3 is 2.95 bits per heavy atom. The molecule has 1 N–H and O–H groups in total. The average molecular weight is 257 g/mol. The van der Waals surface area contributed by atoms with Gasteiger partial charge in [-0.2, -0.15) is 0 Å². The fourth-order valence-electron chi connectivity index (χ4n) is 2.51. The number of rotatable bonds is 2. The Bertz CT molecular complexity index is 672. The quantitative estimate of drug-likeness (QED) is 0.664. The summed E-state index contributed by atoms with van der Waals surface area (Å²) in [6.07, 6.45) is 5.19. The lowest BCUT2D eigenvalue weighted by Gasteiger charge is -2.21. The number of nitro benzene ring substituents is 1. The van der Waals surface area contributed by atoms with E-state index in [1.165, 1.54) is 5.57 Å². The molecule has 0 spiro atoms. The van der Waals surface area contributed by atoms with E-state index < -0.39 is 0 Å². The van der Waals surface area contributed by atoms with Gasteiger partial charge in [0.25, 0.3) is 5.69 Å². The van der Waals surface area contributed by atoms with E-state index in [1.54, 1.807) is 12.1 Å². The lowest BCUT2D eigenvalue weighted by molar-refractivity contribution is -0.384. The van der Waals surface area contributed by atoms with Crippen molar-refractivity contribution in [3.63, 3.8) is 0 Å². The third-order valence-electron chi connectivity index (χ3n) is 3.63. The van der Waals surface area contributed by atoms with Crippen LogP contribution in [0.1, 0.15) is 12.0 Å². The van der Waals surface area contributed by atoms with Crippen molar-refractivity contribution < 1.29 is 4.92 Å². The Labute approximate surface area is 110 Å². The van der Waals surface area contributed by atoms with Crippen LogP contribution in [0.5, 0.6) is 0 Å². The van der Waals surface area contributed by atoms with Gasteiger partial charge in [0.05, 0.1) is 10.4 Å². The average Bonchev–Trinajstić information content (AvgIpc) is 2.82. The normalized spacial score (nSPS) is 16.6. The molecule has 0 unspecified atom stereocenters. The maximum absolute atomic E-state index is 10.8. The maximum atomic E-state index is 10.8. The minimum Gasteiger partial charge on any atom is -0.360 e. The summed E-state index contributed by atoms with van der Waals surface area (Å²) in [7, 11) is 2.10. The molecule has 2 aromatic rings. The van der Waals surface area contributed by atoms with Gasteiger partial charge in [0.15, 0.2) is 0 Å². The molecule has 0 radical (unpaired) electrons. The van der Waals surface area contributed by atoms with Crippen LogP contribution >= 0.6 is 0 Å². The Hall–Kier alpha value is -2.14. The van der Waals surface area contributed by atoms with Crippen molar-refractivity contribution in [2.24, 2.45) is 0 Å². The van der Waals surface area contributed by atoms with Crippen molar-refractivity contribution in [2.75, 3.05) is 20.1 Å². The van der Waals surface area contributed by atoms with Gasteiger partial charge in [-0.3, -0.25) is 10.1 Å². The second kappa shape index (κ2) is 4.51. The second-order valence-corrected chi connectivity index (χ2v) is 4.93. The van der Waals surface area contributed by atoms with Crippen LogP contribution < -0.4 is 0 Å². The molecule has 0 aliphatic carbocycles. The van der Waals surface area contributed by atoms with Crippen molar-refractivity contribution in [1.29, 1.82) is 0 Å². The molecule has 1 aromatic carbocycles. The summed E-state index contributed by atoms with van der Waals surface area (Å²) in [6, 6.07) is 4.99. The van der Waals surface area contributed by atoms with Gasteiger partial charge in [-0.25, -0.2) is 0 Å². The standard InChI is InChI=1S/C14H15N3O2/c1-16-6-4-10(5-7-16)13-9-15-14-8-11(17(18)19)2-3-12(13)14/h2-4,8-9,15H,5-7H2,1H3. The van der Waals surface area contributed by atoms with Gasteiger partial charge in [0.2, 0.25) is 0 Å². The number of nitrogens with one attached hydrogen (secondary N) is 1. The van der Waals surface area contributed by atoms with E-state index in [9.17, 15) is 10.1 Å². The predicted octanol–water partition coefficient (Wildman–Crippen LogP) is 2.80. The minimum absolute atomic E-state index is 0.123. The van der Waals surface area contributed by atoms with Crippen molar-refractivity contribution in [2.45, 2.75) is 6.42 Å². The van der Waals surface area contributed by atoms with Gasteiger partial charge in [0, 0.05) is 42.4 Å². The van der Waals surface area contributed by atoms with Crippen LogP contribution in [0.15, 0.2) is 30.5 Å². The van der Waals surface area contributed by atoms with Crippen molar-refractivity contribution in [3.8, 4) is 0 Å². The molecule has 1 aromatic heterocycles. The zero-order chi connectivity index (χ0) is 13.4. The zero-order valence-electron chi connectivity index (χ0n) is 10.7. The summed E-state index contributed by atoms with van der Waals surface area (Å²) < 4.78 is 0. The van der Waals surface area contributed by atoms with Crippen LogP contribution in [-0.4, -0.2) is 34.9 Å². The van der Waals surface area contributed by atoms with Crippen molar-refractivity contribution in [1.82, 2.24) is 9.88 Å². The number of aromatic nitrogens is 1. The van der Waals surface area contributed by atoms with Crippen LogP contribution in [0.3, 0.4) is 0 Å². The number of aromatic amines is 1. The summed E-state index contributed by atoms with van der Waals surface area (Å²) in [4.78, 5) is 15.8. The van der Waals surface area contributed by atoms with Crippen LogP contribution in [0.25, 0.3) is 16.5 Å². The number of benzene rings is 1. The van der Waals surface area contributed by atoms with E-state index in [4.69, 9.17) is 0 Å². The lowest BCUT2D eigenvalue weighted by atomic mass is 9.99. The fraction of sp³-hybridized carbons (Fsp3) is 0.286. The number of hydrogen-bond donors (Lipinski definition) is 1. The first-order valence-electron chi connectivity index (χ1n) is 6.28. The molecular weight excluding hydrogens is 242 g/mol. The summed E-state index contributed by atoms with van der Waals surface area (Å²) in [5.41, 5.74) is 3.43. The van der Waals surface area contributed by atoms with E-state index in [0.29, 0.717) is 0 Å². The molecule has 98 valence electrons. The van der Waals surface area contributed by atoms with E-state index >= 15 is 0 Å². The highest BCUT2D eigenvalue weighted by Gasteiger charge is 2.15. The first-order valence-corrected chi connectivity index (χ1v) is 6.28. The topological polar surface area (TPSA) is 62.2 Å². The monoisotopic (exact) mass is 257 g/mol. The van der Waals surface area contributed by atoms with E-state index in [1.807, 2.05) is 12.3 Å². The molecule has 0 atom stereocenters. The summed E-state index contributed by atoms with van der Waals surface area (Å²) in [5.74, 6) is 0. The number of nitrogens with zero attached hydrogens (tertiary/aromatic N) is 2. The Balaban J connectivity index is 2.04. The van der Waals surface area contributed by atoms with Gasteiger partial charge in [0.1, 0.15) is 0 Å². The third-order valence-corrected chi connectivity index (χ3v) is 3.63. The Morgan fingerprint density at radius 2 is 2.26 bits per heavy atom. The highest BCUT2D eigenvalue weighted by molar-refractivity contribution is 5.93. The Morgan fingerprint density at radius 1 is 1.42 bits per heavy atom. The van der Waals surface area contributed by atoms with Crippen LogP contribution in [0, 0.1) is 10.1 Å². The van der Waals surface area contributed by atoms with E-state index in [0.717, 1.165) is 36.0 Å². The second-order valence-electron chi connectivity index (χ2n) is 4.93. The number of non-ortho nitro benzene ring substituents is 1. The first-order chi connectivity index (χ1) is 9.15. The number of likely N-dealkylation sites (N-methyl/N-ethyl adjacent to an activating group) is 1. The molecule has 0 bridgehead atoms. The molecule has 5 nitrogen and oxygen atoms in total.